The van der Waals surface area contributed by atoms with Gasteiger partial charge in [0.05, 0.1) is 0 Å². The Balaban J connectivity index is 1.96. The van der Waals surface area contributed by atoms with Crippen LogP contribution in [0, 0.1) is 5.92 Å². The molecule has 2 aliphatic rings. The molecule has 110 valence electrons. The van der Waals surface area contributed by atoms with Crippen LogP contribution in [-0.4, -0.2) is 12.6 Å². The van der Waals surface area contributed by atoms with Crippen LogP contribution in [0.25, 0.3) is 0 Å². The average molecular weight is 337 g/mol. The molecule has 0 spiro atoms. The predicted molar refractivity (Wildman–Crippen MR) is 89.1 cm³/mol. The molecule has 3 heteroatoms. The first kappa shape index (κ1) is 14.4. The van der Waals surface area contributed by atoms with Gasteiger partial charge in [0.1, 0.15) is 0 Å². The standard InChI is InChI=1S/C17H25BrN2/c1-12(19)15-9-8-14(18)11-17(15)20-10-4-6-13-5-2-3-7-16(13)20/h8-9,11-13,16H,2-7,10,19H2,1H3/t12?,13-,16-/m1/s1. The average Bonchev–Trinajstić information content (AvgIpc) is 2.46. The number of hydrogen-bond donors (Lipinski definition) is 1. The molecule has 2 nitrogen and oxygen atoms in total. The van der Waals surface area contributed by atoms with Crippen LogP contribution in [-0.2, 0) is 0 Å². The first-order valence-electron chi connectivity index (χ1n) is 7.98. The Hall–Kier alpha value is -0.540. The number of fused-ring (bicyclic) bond motifs is 1. The largest absolute Gasteiger partial charge is 0.368 e. The molecule has 2 fully saturated rings. The molecule has 0 aromatic heterocycles. The van der Waals surface area contributed by atoms with Gasteiger partial charge in [-0.2, -0.15) is 0 Å². The molecule has 1 aliphatic carbocycles. The third kappa shape index (κ3) is 2.75. The Morgan fingerprint density at radius 2 is 1.95 bits per heavy atom. The third-order valence-electron chi connectivity index (χ3n) is 5.04. The van der Waals surface area contributed by atoms with E-state index in [1.165, 1.54) is 56.3 Å². The molecule has 1 aromatic rings. The van der Waals surface area contributed by atoms with Gasteiger partial charge in [0.2, 0.25) is 0 Å². The number of benzene rings is 1. The summed E-state index contributed by atoms with van der Waals surface area (Å²) in [6.07, 6.45) is 8.33. The number of piperidine rings is 1. The van der Waals surface area contributed by atoms with Crippen molar-refractivity contribution in [2.24, 2.45) is 11.7 Å². The van der Waals surface area contributed by atoms with Crippen molar-refractivity contribution in [1.82, 2.24) is 0 Å². The summed E-state index contributed by atoms with van der Waals surface area (Å²) in [5.74, 6) is 0.900. The van der Waals surface area contributed by atoms with E-state index < -0.39 is 0 Å². The molecule has 0 amide bonds. The summed E-state index contributed by atoms with van der Waals surface area (Å²) >= 11 is 3.63. The van der Waals surface area contributed by atoms with Crippen LogP contribution in [0.3, 0.4) is 0 Å². The van der Waals surface area contributed by atoms with Gasteiger partial charge in [-0.15, -0.1) is 0 Å². The SMILES string of the molecule is CC(N)c1ccc(Br)cc1N1CCC[C@H]2CCCC[C@H]21. The molecule has 1 unspecified atom stereocenters. The zero-order valence-corrected chi connectivity index (χ0v) is 13.9. The highest BCUT2D eigenvalue weighted by Gasteiger charge is 2.34. The Bertz CT molecular complexity index is 470. The number of rotatable bonds is 2. The molecule has 20 heavy (non-hydrogen) atoms. The number of anilines is 1. The van der Waals surface area contributed by atoms with E-state index >= 15 is 0 Å². The summed E-state index contributed by atoms with van der Waals surface area (Å²) in [4.78, 5) is 2.66. The second-order valence-corrected chi connectivity index (χ2v) is 7.35. The molecule has 1 saturated heterocycles. The van der Waals surface area contributed by atoms with E-state index in [0.29, 0.717) is 0 Å². The summed E-state index contributed by atoms with van der Waals surface area (Å²) in [6.45, 7) is 3.28. The summed E-state index contributed by atoms with van der Waals surface area (Å²) < 4.78 is 1.16. The Morgan fingerprint density at radius 1 is 1.20 bits per heavy atom. The lowest BCUT2D eigenvalue weighted by molar-refractivity contribution is 0.243. The highest BCUT2D eigenvalue weighted by molar-refractivity contribution is 9.10. The fourth-order valence-electron chi connectivity index (χ4n) is 4.07. The molecule has 1 aliphatic heterocycles. The van der Waals surface area contributed by atoms with E-state index in [2.05, 4.69) is 46.0 Å². The van der Waals surface area contributed by atoms with Crippen molar-refractivity contribution < 1.29 is 0 Å². The van der Waals surface area contributed by atoms with Crippen molar-refractivity contribution >= 4 is 21.6 Å². The molecule has 1 aromatic carbocycles. The van der Waals surface area contributed by atoms with Crippen LogP contribution < -0.4 is 10.6 Å². The van der Waals surface area contributed by atoms with Gasteiger partial charge in [-0.05, 0) is 56.2 Å². The van der Waals surface area contributed by atoms with Crippen molar-refractivity contribution in [3.63, 3.8) is 0 Å². The second-order valence-electron chi connectivity index (χ2n) is 6.44. The molecule has 3 rings (SSSR count). The molecule has 0 bridgehead atoms. The Labute approximate surface area is 130 Å². The summed E-state index contributed by atoms with van der Waals surface area (Å²) in [5.41, 5.74) is 8.86. The van der Waals surface area contributed by atoms with Crippen LogP contribution in [0.2, 0.25) is 0 Å². The molecule has 1 saturated carbocycles. The van der Waals surface area contributed by atoms with E-state index in [1.54, 1.807) is 0 Å². The molecular formula is C17H25BrN2. The topological polar surface area (TPSA) is 29.3 Å². The minimum atomic E-state index is 0.0991. The molecule has 2 N–H and O–H groups in total. The molecular weight excluding hydrogens is 312 g/mol. The van der Waals surface area contributed by atoms with Gasteiger partial charge >= 0.3 is 0 Å². The van der Waals surface area contributed by atoms with E-state index in [0.717, 1.165) is 16.4 Å². The predicted octanol–water partition coefficient (Wildman–Crippen LogP) is 4.63. The van der Waals surface area contributed by atoms with Crippen molar-refractivity contribution in [2.45, 2.75) is 57.5 Å². The van der Waals surface area contributed by atoms with Crippen LogP contribution in [0.5, 0.6) is 0 Å². The van der Waals surface area contributed by atoms with E-state index in [1.807, 2.05) is 0 Å². The number of halogens is 1. The monoisotopic (exact) mass is 336 g/mol. The van der Waals surface area contributed by atoms with E-state index in [-0.39, 0.29) is 6.04 Å². The van der Waals surface area contributed by atoms with Gasteiger partial charge in [-0.3, -0.25) is 0 Å². The normalized spacial score (nSPS) is 28.1. The lowest BCUT2D eigenvalue weighted by Gasteiger charge is -2.46. The quantitative estimate of drug-likeness (QED) is 0.853. The van der Waals surface area contributed by atoms with Crippen LogP contribution >= 0.6 is 15.9 Å². The summed E-state index contributed by atoms with van der Waals surface area (Å²) in [6, 6.07) is 7.42. The van der Waals surface area contributed by atoms with Gasteiger partial charge < -0.3 is 10.6 Å². The summed E-state index contributed by atoms with van der Waals surface area (Å²) in [5, 5.41) is 0. The van der Waals surface area contributed by atoms with Gasteiger partial charge in [0, 0.05) is 28.8 Å². The maximum atomic E-state index is 6.20. The highest BCUT2D eigenvalue weighted by Crippen LogP contribution is 2.40. The minimum Gasteiger partial charge on any atom is -0.368 e. The van der Waals surface area contributed by atoms with Gasteiger partial charge in [0.15, 0.2) is 0 Å². The minimum absolute atomic E-state index is 0.0991. The van der Waals surface area contributed by atoms with Crippen molar-refractivity contribution in [3.05, 3.63) is 28.2 Å². The maximum Gasteiger partial charge on any atom is 0.0428 e. The van der Waals surface area contributed by atoms with Gasteiger partial charge in [0.25, 0.3) is 0 Å². The molecule has 1 heterocycles. The van der Waals surface area contributed by atoms with Gasteiger partial charge in [-0.25, -0.2) is 0 Å². The zero-order valence-electron chi connectivity index (χ0n) is 12.3. The smallest absolute Gasteiger partial charge is 0.0428 e. The summed E-state index contributed by atoms with van der Waals surface area (Å²) in [7, 11) is 0. The number of hydrogen-bond acceptors (Lipinski definition) is 2. The van der Waals surface area contributed by atoms with Crippen molar-refractivity contribution in [2.75, 3.05) is 11.4 Å². The maximum absolute atomic E-state index is 6.20. The Morgan fingerprint density at radius 3 is 2.75 bits per heavy atom. The molecule has 0 radical (unpaired) electrons. The van der Waals surface area contributed by atoms with E-state index in [4.69, 9.17) is 5.73 Å². The Kier molecular flexibility index (Phi) is 4.37. The third-order valence-corrected chi connectivity index (χ3v) is 5.53. The van der Waals surface area contributed by atoms with Crippen molar-refractivity contribution in [3.8, 4) is 0 Å². The first-order valence-corrected chi connectivity index (χ1v) is 8.78. The first-order chi connectivity index (χ1) is 9.66. The fourth-order valence-corrected chi connectivity index (χ4v) is 4.42. The van der Waals surface area contributed by atoms with Crippen molar-refractivity contribution in [1.29, 1.82) is 0 Å². The highest BCUT2D eigenvalue weighted by atomic mass is 79.9. The van der Waals surface area contributed by atoms with Crippen LogP contribution in [0.15, 0.2) is 22.7 Å². The van der Waals surface area contributed by atoms with Gasteiger partial charge in [-0.1, -0.05) is 34.8 Å². The van der Waals surface area contributed by atoms with Crippen LogP contribution in [0.1, 0.15) is 57.1 Å². The second kappa shape index (κ2) is 6.07. The lowest BCUT2D eigenvalue weighted by Crippen LogP contribution is -2.47. The molecule has 3 atom stereocenters. The number of nitrogens with zero attached hydrogens (tertiary/aromatic N) is 1. The zero-order chi connectivity index (χ0) is 14.1. The van der Waals surface area contributed by atoms with Crippen LogP contribution in [0.4, 0.5) is 5.69 Å². The van der Waals surface area contributed by atoms with E-state index in [9.17, 15) is 0 Å². The fraction of sp³-hybridized carbons (Fsp3) is 0.647. The lowest BCUT2D eigenvalue weighted by atomic mass is 9.78. The number of nitrogens with two attached hydrogens (primary N) is 1.